The van der Waals surface area contributed by atoms with Gasteiger partial charge < -0.3 is 5.32 Å². The van der Waals surface area contributed by atoms with Gasteiger partial charge in [-0.15, -0.1) is 10.2 Å². The Kier molecular flexibility index (Phi) is 4.09. The standard InChI is InChI=1S/C16H17N5O/c1-2-7-12(18-16(22)13-8-3-5-10-17-13)15-20-19-14-9-4-6-11-21(14)15/h3-6,8-12H,2,7H2,1H3,(H,18,22)/t12-/m0/s1. The monoisotopic (exact) mass is 295 g/mol. The number of nitrogens with zero attached hydrogens (tertiary/aromatic N) is 4. The fraction of sp³-hybridized carbons (Fsp3) is 0.250. The lowest BCUT2D eigenvalue weighted by molar-refractivity contribution is 0.0927. The van der Waals surface area contributed by atoms with Gasteiger partial charge in [-0.1, -0.05) is 25.5 Å². The smallest absolute Gasteiger partial charge is 0.270 e. The molecule has 0 aromatic carbocycles. The van der Waals surface area contributed by atoms with Crippen molar-refractivity contribution in [1.82, 2.24) is 24.9 Å². The third kappa shape index (κ3) is 2.81. The summed E-state index contributed by atoms with van der Waals surface area (Å²) < 4.78 is 1.90. The molecule has 0 unspecified atom stereocenters. The summed E-state index contributed by atoms with van der Waals surface area (Å²) >= 11 is 0. The molecule has 3 rings (SSSR count). The molecule has 1 N–H and O–H groups in total. The average Bonchev–Trinajstić information content (AvgIpc) is 2.99. The molecule has 0 aliphatic rings. The molecule has 3 heterocycles. The number of fused-ring (bicyclic) bond motifs is 1. The lowest BCUT2D eigenvalue weighted by Crippen LogP contribution is -2.30. The van der Waals surface area contributed by atoms with Crippen molar-refractivity contribution in [2.24, 2.45) is 0 Å². The first-order valence-corrected chi connectivity index (χ1v) is 7.31. The fourth-order valence-corrected chi connectivity index (χ4v) is 2.38. The van der Waals surface area contributed by atoms with Crippen LogP contribution in [0, 0.1) is 0 Å². The van der Waals surface area contributed by atoms with E-state index in [1.807, 2.05) is 28.8 Å². The van der Waals surface area contributed by atoms with Crippen LogP contribution in [-0.2, 0) is 0 Å². The van der Waals surface area contributed by atoms with Gasteiger partial charge in [0.25, 0.3) is 5.91 Å². The van der Waals surface area contributed by atoms with Crippen molar-refractivity contribution < 1.29 is 4.79 Å². The van der Waals surface area contributed by atoms with Gasteiger partial charge in [0.2, 0.25) is 0 Å². The van der Waals surface area contributed by atoms with E-state index in [4.69, 9.17) is 0 Å². The second-order valence-electron chi connectivity index (χ2n) is 5.02. The quantitative estimate of drug-likeness (QED) is 0.784. The maximum Gasteiger partial charge on any atom is 0.270 e. The van der Waals surface area contributed by atoms with Crippen LogP contribution < -0.4 is 5.32 Å². The zero-order valence-electron chi connectivity index (χ0n) is 12.3. The number of hydrogen-bond acceptors (Lipinski definition) is 4. The second kappa shape index (κ2) is 6.34. The predicted molar refractivity (Wildman–Crippen MR) is 82.3 cm³/mol. The van der Waals surface area contributed by atoms with Crippen molar-refractivity contribution in [2.75, 3.05) is 0 Å². The van der Waals surface area contributed by atoms with E-state index in [-0.39, 0.29) is 11.9 Å². The van der Waals surface area contributed by atoms with Gasteiger partial charge in [0.05, 0.1) is 6.04 Å². The minimum Gasteiger partial charge on any atom is -0.341 e. The lowest BCUT2D eigenvalue weighted by atomic mass is 10.1. The average molecular weight is 295 g/mol. The topological polar surface area (TPSA) is 72.2 Å². The molecule has 3 aromatic rings. The van der Waals surface area contributed by atoms with Gasteiger partial charge in [0.15, 0.2) is 11.5 Å². The van der Waals surface area contributed by atoms with Crippen LogP contribution in [0.1, 0.15) is 42.1 Å². The van der Waals surface area contributed by atoms with Crippen molar-refractivity contribution in [3.8, 4) is 0 Å². The number of hydrogen-bond donors (Lipinski definition) is 1. The Morgan fingerprint density at radius 3 is 2.86 bits per heavy atom. The van der Waals surface area contributed by atoms with E-state index in [0.29, 0.717) is 5.69 Å². The Bertz CT molecular complexity index is 768. The highest BCUT2D eigenvalue weighted by Crippen LogP contribution is 2.18. The zero-order chi connectivity index (χ0) is 15.4. The number of carbonyl (C=O) groups excluding carboxylic acids is 1. The van der Waals surface area contributed by atoms with E-state index < -0.39 is 0 Å². The molecule has 22 heavy (non-hydrogen) atoms. The molecule has 0 bridgehead atoms. The Morgan fingerprint density at radius 2 is 2.09 bits per heavy atom. The second-order valence-corrected chi connectivity index (χ2v) is 5.02. The van der Waals surface area contributed by atoms with Gasteiger partial charge in [-0.25, -0.2) is 0 Å². The highest BCUT2D eigenvalue weighted by molar-refractivity contribution is 5.92. The Labute approximate surface area is 128 Å². The first kappa shape index (κ1) is 14.2. The van der Waals surface area contributed by atoms with Crippen molar-refractivity contribution >= 4 is 11.6 Å². The molecular formula is C16H17N5O. The van der Waals surface area contributed by atoms with Crippen LogP contribution in [0.5, 0.6) is 0 Å². The first-order valence-electron chi connectivity index (χ1n) is 7.31. The maximum absolute atomic E-state index is 12.3. The van der Waals surface area contributed by atoms with E-state index in [1.165, 1.54) is 0 Å². The normalized spacial score (nSPS) is 12.2. The summed E-state index contributed by atoms with van der Waals surface area (Å²) in [7, 11) is 0. The van der Waals surface area contributed by atoms with Gasteiger partial charge >= 0.3 is 0 Å². The van der Waals surface area contributed by atoms with Crippen LogP contribution in [0.4, 0.5) is 0 Å². The number of aromatic nitrogens is 4. The van der Waals surface area contributed by atoms with E-state index >= 15 is 0 Å². The lowest BCUT2D eigenvalue weighted by Gasteiger charge is -2.16. The molecular weight excluding hydrogens is 278 g/mol. The third-order valence-electron chi connectivity index (χ3n) is 3.43. The molecule has 0 fully saturated rings. The highest BCUT2D eigenvalue weighted by Gasteiger charge is 2.20. The van der Waals surface area contributed by atoms with Gasteiger partial charge in [-0.3, -0.25) is 14.2 Å². The molecule has 6 nitrogen and oxygen atoms in total. The minimum absolute atomic E-state index is 0.197. The molecule has 0 aliphatic carbocycles. The summed E-state index contributed by atoms with van der Waals surface area (Å²) in [6.45, 7) is 2.07. The van der Waals surface area contributed by atoms with Gasteiger partial charge in [0, 0.05) is 12.4 Å². The van der Waals surface area contributed by atoms with Crippen LogP contribution >= 0.6 is 0 Å². The van der Waals surface area contributed by atoms with Crippen LogP contribution in [0.3, 0.4) is 0 Å². The summed E-state index contributed by atoms with van der Waals surface area (Å²) in [5.41, 5.74) is 1.17. The van der Waals surface area contributed by atoms with E-state index in [1.54, 1.807) is 24.4 Å². The predicted octanol–water partition coefficient (Wildman–Crippen LogP) is 2.40. The third-order valence-corrected chi connectivity index (χ3v) is 3.43. The molecule has 1 atom stereocenters. The van der Waals surface area contributed by atoms with Gasteiger partial charge in [-0.05, 0) is 30.7 Å². The molecule has 0 saturated heterocycles. The molecule has 3 aromatic heterocycles. The molecule has 0 spiro atoms. The van der Waals surface area contributed by atoms with Crippen molar-refractivity contribution in [2.45, 2.75) is 25.8 Å². The highest BCUT2D eigenvalue weighted by atomic mass is 16.1. The molecule has 0 saturated carbocycles. The number of carbonyl (C=O) groups is 1. The van der Waals surface area contributed by atoms with Crippen LogP contribution in [0.2, 0.25) is 0 Å². The Hall–Kier alpha value is -2.76. The van der Waals surface area contributed by atoms with E-state index in [0.717, 1.165) is 24.3 Å². The zero-order valence-corrected chi connectivity index (χ0v) is 12.3. The van der Waals surface area contributed by atoms with Crippen LogP contribution in [0.15, 0.2) is 48.8 Å². The van der Waals surface area contributed by atoms with Crippen molar-refractivity contribution in [1.29, 1.82) is 0 Å². The maximum atomic E-state index is 12.3. The summed E-state index contributed by atoms with van der Waals surface area (Å²) in [4.78, 5) is 16.4. The summed E-state index contributed by atoms with van der Waals surface area (Å²) in [6, 6.07) is 10.8. The van der Waals surface area contributed by atoms with Crippen LogP contribution in [0.25, 0.3) is 5.65 Å². The molecule has 0 aliphatic heterocycles. The minimum atomic E-state index is -0.202. The van der Waals surface area contributed by atoms with Gasteiger partial charge in [0.1, 0.15) is 5.69 Å². The van der Waals surface area contributed by atoms with Gasteiger partial charge in [-0.2, -0.15) is 0 Å². The Balaban J connectivity index is 1.88. The van der Waals surface area contributed by atoms with Crippen LogP contribution in [-0.4, -0.2) is 25.5 Å². The number of rotatable bonds is 5. The fourth-order valence-electron chi connectivity index (χ4n) is 2.38. The number of pyridine rings is 2. The summed E-state index contributed by atoms with van der Waals surface area (Å²) in [5.74, 6) is 0.536. The molecule has 1 amide bonds. The van der Waals surface area contributed by atoms with Crippen molar-refractivity contribution in [3.05, 3.63) is 60.3 Å². The number of amides is 1. The SMILES string of the molecule is CCC[C@H](NC(=O)c1ccccn1)c1nnc2ccccn12. The molecule has 6 heteroatoms. The largest absolute Gasteiger partial charge is 0.341 e. The van der Waals surface area contributed by atoms with E-state index in [2.05, 4.69) is 27.4 Å². The Morgan fingerprint density at radius 1 is 1.23 bits per heavy atom. The summed E-state index contributed by atoms with van der Waals surface area (Å²) in [5, 5.41) is 11.4. The van der Waals surface area contributed by atoms with E-state index in [9.17, 15) is 4.79 Å². The summed E-state index contributed by atoms with van der Waals surface area (Å²) in [6.07, 6.45) is 5.22. The molecule has 0 radical (unpaired) electrons. The van der Waals surface area contributed by atoms with Crippen molar-refractivity contribution in [3.63, 3.8) is 0 Å². The molecule has 112 valence electrons. The first-order chi connectivity index (χ1) is 10.8. The number of nitrogens with one attached hydrogen (secondary N) is 1.